The highest BCUT2D eigenvalue weighted by atomic mass is 16.3. The van der Waals surface area contributed by atoms with Crippen molar-refractivity contribution in [1.29, 1.82) is 0 Å². The Bertz CT molecular complexity index is 522. The molecule has 0 unspecified atom stereocenters. The van der Waals surface area contributed by atoms with Crippen molar-refractivity contribution in [2.24, 2.45) is 0 Å². The molecule has 17 heavy (non-hydrogen) atoms. The summed E-state index contributed by atoms with van der Waals surface area (Å²) in [6, 6.07) is 9.66. The second-order valence-electron chi connectivity index (χ2n) is 4.56. The molecule has 0 amide bonds. The molecule has 3 rings (SSSR count). The summed E-state index contributed by atoms with van der Waals surface area (Å²) in [4.78, 5) is 12.3. The second-order valence-corrected chi connectivity index (χ2v) is 4.56. The lowest BCUT2D eigenvalue weighted by Crippen LogP contribution is -2.14. The van der Waals surface area contributed by atoms with Gasteiger partial charge in [0.1, 0.15) is 6.26 Å². The Hall–Kier alpha value is -1.83. The van der Waals surface area contributed by atoms with E-state index >= 15 is 0 Å². The van der Waals surface area contributed by atoms with Crippen LogP contribution in [0.5, 0.6) is 0 Å². The summed E-state index contributed by atoms with van der Waals surface area (Å²) in [5, 5.41) is 0. The van der Waals surface area contributed by atoms with Crippen molar-refractivity contribution in [3.05, 3.63) is 59.5 Å². The standard InChI is InChI=1S/C15H14O2/c16-15(12-8-9-17-10-12)14-7-2-1-6-13(14)11-4-3-5-11/h1-2,6-11H,3-5H2. The Morgan fingerprint density at radius 1 is 1.18 bits per heavy atom. The first kappa shape index (κ1) is 10.3. The maximum atomic E-state index is 12.3. The maximum Gasteiger partial charge on any atom is 0.196 e. The average molecular weight is 226 g/mol. The van der Waals surface area contributed by atoms with Crippen LogP contribution in [0.4, 0.5) is 0 Å². The molecule has 2 nitrogen and oxygen atoms in total. The minimum atomic E-state index is 0.0706. The van der Waals surface area contributed by atoms with Crippen molar-refractivity contribution in [3.63, 3.8) is 0 Å². The molecule has 1 fully saturated rings. The number of benzene rings is 1. The third-order valence-corrected chi connectivity index (χ3v) is 3.53. The summed E-state index contributed by atoms with van der Waals surface area (Å²) in [6.07, 6.45) is 6.74. The molecule has 1 aliphatic carbocycles. The fourth-order valence-corrected chi connectivity index (χ4v) is 2.33. The van der Waals surface area contributed by atoms with Crippen LogP contribution in [0.3, 0.4) is 0 Å². The molecule has 1 heterocycles. The molecular weight excluding hydrogens is 212 g/mol. The number of ketones is 1. The summed E-state index contributed by atoms with van der Waals surface area (Å²) < 4.78 is 4.98. The largest absolute Gasteiger partial charge is 0.472 e. The van der Waals surface area contributed by atoms with Gasteiger partial charge in [0, 0.05) is 5.56 Å². The second kappa shape index (κ2) is 4.21. The molecule has 2 aromatic rings. The highest BCUT2D eigenvalue weighted by molar-refractivity contribution is 6.09. The number of rotatable bonds is 3. The zero-order valence-corrected chi connectivity index (χ0v) is 9.56. The average Bonchev–Trinajstić information content (AvgIpc) is 2.80. The number of hydrogen-bond acceptors (Lipinski definition) is 2. The van der Waals surface area contributed by atoms with Crippen LogP contribution in [0.25, 0.3) is 0 Å². The Labute approximate surface area is 100 Å². The fourth-order valence-electron chi connectivity index (χ4n) is 2.33. The summed E-state index contributed by atoms with van der Waals surface area (Å²) >= 11 is 0. The molecule has 1 aliphatic rings. The van der Waals surface area contributed by atoms with E-state index in [-0.39, 0.29) is 5.78 Å². The van der Waals surface area contributed by atoms with E-state index in [0.29, 0.717) is 11.5 Å². The van der Waals surface area contributed by atoms with Crippen LogP contribution in [0.2, 0.25) is 0 Å². The van der Waals surface area contributed by atoms with Crippen LogP contribution in [0.1, 0.15) is 46.7 Å². The summed E-state index contributed by atoms with van der Waals surface area (Å²) in [7, 11) is 0. The van der Waals surface area contributed by atoms with Gasteiger partial charge in [-0.2, -0.15) is 0 Å². The smallest absolute Gasteiger partial charge is 0.196 e. The SMILES string of the molecule is O=C(c1ccoc1)c1ccccc1C1CCC1. The van der Waals surface area contributed by atoms with Crippen molar-refractivity contribution in [3.8, 4) is 0 Å². The molecule has 1 saturated carbocycles. The van der Waals surface area contributed by atoms with Gasteiger partial charge in [0.05, 0.1) is 11.8 Å². The van der Waals surface area contributed by atoms with Gasteiger partial charge >= 0.3 is 0 Å². The lowest BCUT2D eigenvalue weighted by molar-refractivity contribution is 0.103. The number of carbonyl (C=O) groups excluding carboxylic acids is 1. The summed E-state index contributed by atoms with van der Waals surface area (Å²) in [5.41, 5.74) is 2.67. The van der Waals surface area contributed by atoms with Gasteiger partial charge < -0.3 is 4.42 Å². The molecule has 2 heteroatoms. The van der Waals surface area contributed by atoms with Gasteiger partial charge in [-0.25, -0.2) is 0 Å². The first-order chi connectivity index (χ1) is 8.36. The molecule has 0 bridgehead atoms. The Balaban J connectivity index is 1.99. The fraction of sp³-hybridized carbons (Fsp3) is 0.267. The quantitative estimate of drug-likeness (QED) is 0.745. The number of furan rings is 1. The molecule has 1 aromatic carbocycles. The third kappa shape index (κ3) is 1.80. The minimum absolute atomic E-state index is 0.0706. The van der Waals surface area contributed by atoms with Gasteiger partial charge in [-0.15, -0.1) is 0 Å². The first-order valence-corrected chi connectivity index (χ1v) is 6.02. The van der Waals surface area contributed by atoms with Gasteiger partial charge in [-0.05, 0) is 30.4 Å². The van der Waals surface area contributed by atoms with Gasteiger partial charge in [0.15, 0.2) is 5.78 Å². The van der Waals surface area contributed by atoms with Crippen LogP contribution in [-0.4, -0.2) is 5.78 Å². The van der Waals surface area contributed by atoms with Crippen molar-refractivity contribution in [2.75, 3.05) is 0 Å². The van der Waals surface area contributed by atoms with Crippen LogP contribution >= 0.6 is 0 Å². The van der Waals surface area contributed by atoms with Gasteiger partial charge in [-0.3, -0.25) is 4.79 Å². The molecule has 1 aromatic heterocycles. The molecule has 0 spiro atoms. The van der Waals surface area contributed by atoms with Crippen LogP contribution < -0.4 is 0 Å². The molecule has 0 N–H and O–H groups in total. The van der Waals surface area contributed by atoms with E-state index in [1.165, 1.54) is 31.1 Å². The van der Waals surface area contributed by atoms with E-state index in [1.807, 2.05) is 18.2 Å². The lowest BCUT2D eigenvalue weighted by Gasteiger charge is -2.27. The van der Waals surface area contributed by atoms with Crippen LogP contribution in [0, 0.1) is 0 Å². The Morgan fingerprint density at radius 3 is 2.65 bits per heavy atom. The van der Waals surface area contributed by atoms with Crippen LogP contribution in [0.15, 0.2) is 47.3 Å². The van der Waals surface area contributed by atoms with E-state index in [2.05, 4.69) is 6.07 Å². The molecule has 86 valence electrons. The molecule has 0 aliphatic heterocycles. The van der Waals surface area contributed by atoms with E-state index in [4.69, 9.17) is 4.42 Å². The monoisotopic (exact) mass is 226 g/mol. The van der Waals surface area contributed by atoms with Crippen LogP contribution in [-0.2, 0) is 0 Å². The highest BCUT2D eigenvalue weighted by Crippen LogP contribution is 2.38. The van der Waals surface area contributed by atoms with E-state index < -0.39 is 0 Å². The van der Waals surface area contributed by atoms with Gasteiger partial charge in [-0.1, -0.05) is 30.7 Å². The molecule has 0 saturated heterocycles. The summed E-state index contributed by atoms with van der Waals surface area (Å²) in [6.45, 7) is 0. The van der Waals surface area contributed by atoms with Gasteiger partial charge in [0.25, 0.3) is 0 Å². The maximum absolute atomic E-state index is 12.3. The third-order valence-electron chi connectivity index (χ3n) is 3.53. The molecule has 0 radical (unpaired) electrons. The highest BCUT2D eigenvalue weighted by Gasteiger charge is 2.24. The van der Waals surface area contributed by atoms with Crippen molar-refractivity contribution >= 4 is 5.78 Å². The minimum Gasteiger partial charge on any atom is -0.472 e. The number of carbonyl (C=O) groups is 1. The predicted octanol–water partition coefficient (Wildman–Crippen LogP) is 3.78. The van der Waals surface area contributed by atoms with Crippen molar-refractivity contribution in [2.45, 2.75) is 25.2 Å². The van der Waals surface area contributed by atoms with E-state index in [9.17, 15) is 4.79 Å². The lowest BCUT2D eigenvalue weighted by atomic mass is 9.77. The summed E-state index contributed by atoms with van der Waals surface area (Å²) in [5.74, 6) is 0.642. The molecule has 0 atom stereocenters. The first-order valence-electron chi connectivity index (χ1n) is 6.02. The van der Waals surface area contributed by atoms with Crippen molar-refractivity contribution < 1.29 is 9.21 Å². The number of hydrogen-bond donors (Lipinski definition) is 0. The van der Waals surface area contributed by atoms with Crippen molar-refractivity contribution in [1.82, 2.24) is 0 Å². The molecular formula is C15H14O2. The van der Waals surface area contributed by atoms with Gasteiger partial charge in [0.2, 0.25) is 0 Å². The predicted molar refractivity (Wildman–Crippen MR) is 65.2 cm³/mol. The zero-order valence-electron chi connectivity index (χ0n) is 9.56. The van der Waals surface area contributed by atoms with E-state index in [0.717, 1.165) is 5.56 Å². The zero-order chi connectivity index (χ0) is 11.7. The van der Waals surface area contributed by atoms with E-state index in [1.54, 1.807) is 12.3 Å². The topological polar surface area (TPSA) is 30.2 Å². The normalized spacial score (nSPS) is 15.5. The Morgan fingerprint density at radius 2 is 2.00 bits per heavy atom. The Kier molecular flexibility index (Phi) is 2.56.